The summed E-state index contributed by atoms with van der Waals surface area (Å²) < 4.78 is 5.58. The van der Waals surface area contributed by atoms with E-state index in [1.165, 1.54) is 0 Å². The molecule has 27 heavy (non-hydrogen) atoms. The first-order valence-corrected chi connectivity index (χ1v) is 9.21. The lowest BCUT2D eigenvalue weighted by Crippen LogP contribution is -2.19. The van der Waals surface area contributed by atoms with Crippen molar-refractivity contribution in [2.75, 3.05) is 18.5 Å². The fraction of sp³-hybridized carbons (Fsp3) is 0.400. The Morgan fingerprint density at radius 3 is 2.81 bits per heavy atom. The van der Waals surface area contributed by atoms with Crippen LogP contribution < -0.4 is 11.1 Å². The summed E-state index contributed by atoms with van der Waals surface area (Å²) in [5, 5.41) is 10.4. The van der Waals surface area contributed by atoms with E-state index in [0.717, 1.165) is 42.7 Å². The number of Topliss-reactive ketones (excluding diaryl/α,β-unsaturated/α-hetero) is 1. The molecular weight excluding hydrogens is 342 g/mol. The summed E-state index contributed by atoms with van der Waals surface area (Å²) in [6, 6.07) is 7.99. The molecule has 3 rings (SSSR count). The Labute approximate surface area is 158 Å². The second kappa shape index (κ2) is 9.23. The standard InChI is InChI=1S/C20H25N5O2/c21-19(22)10-17(26)7-6-14-3-1-4-15(9-14)16-11-23-20(24-12-16)25-13-18-5-2-8-27-18/h1,3-4,9,11-12,18H,2,5-8,10,13H2,(H3,21,22)(H,23,24,25). The van der Waals surface area contributed by atoms with Gasteiger partial charge in [-0.25, -0.2) is 9.97 Å². The molecule has 0 radical (unpaired) electrons. The fourth-order valence-corrected chi connectivity index (χ4v) is 3.07. The van der Waals surface area contributed by atoms with Gasteiger partial charge in [-0.3, -0.25) is 10.2 Å². The number of carbonyl (C=O) groups is 1. The number of nitrogens with two attached hydrogens (primary N) is 1. The first-order chi connectivity index (χ1) is 13.1. The molecule has 1 unspecified atom stereocenters. The molecule has 0 spiro atoms. The van der Waals surface area contributed by atoms with Gasteiger partial charge in [0.2, 0.25) is 5.95 Å². The number of ether oxygens (including phenoxy) is 1. The Hall–Kier alpha value is -2.80. The first-order valence-electron chi connectivity index (χ1n) is 9.21. The Balaban J connectivity index is 1.57. The molecule has 1 aromatic carbocycles. The summed E-state index contributed by atoms with van der Waals surface area (Å²) >= 11 is 0. The van der Waals surface area contributed by atoms with Crippen LogP contribution in [0.4, 0.5) is 5.95 Å². The maximum absolute atomic E-state index is 11.7. The van der Waals surface area contributed by atoms with Gasteiger partial charge in [0.25, 0.3) is 0 Å². The third-order valence-electron chi connectivity index (χ3n) is 4.50. The minimum atomic E-state index is -0.0842. The molecule has 4 N–H and O–H groups in total. The molecule has 1 aliphatic rings. The molecule has 142 valence electrons. The highest BCUT2D eigenvalue weighted by Crippen LogP contribution is 2.20. The molecule has 1 saturated heterocycles. The number of aryl methyl sites for hydroxylation is 1. The quantitative estimate of drug-likeness (QED) is 0.464. The highest BCUT2D eigenvalue weighted by atomic mass is 16.5. The van der Waals surface area contributed by atoms with E-state index < -0.39 is 0 Å². The van der Waals surface area contributed by atoms with Crippen molar-refractivity contribution in [3.63, 3.8) is 0 Å². The molecule has 0 aliphatic carbocycles. The van der Waals surface area contributed by atoms with Crippen molar-refractivity contribution < 1.29 is 9.53 Å². The van der Waals surface area contributed by atoms with Gasteiger partial charge in [-0.15, -0.1) is 0 Å². The Morgan fingerprint density at radius 1 is 1.30 bits per heavy atom. The molecule has 7 nitrogen and oxygen atoms in total. The van der Waals surface area contributed by atoms with Crippen molar-refractivity contribution in [1.82, 2.24) is 9.97 Å². The van der Waals surface area contributed by atoms with Crippen molar-refractivity contribution in [2.24, 2.45) is 5.73 Å². The number of anilines is 1. The topological polar surface area (TPSA) is 114 Å². The lowest BCUT2D eigenvalue weighted by Gasteiger charge is -2.11. The van der Waals surface area contributed by atoms with Crippen LogP contribution in [0, 0.1) is 5.41 Å². The van der Waals surface area contributed by atoms with Crippen LogP contribution in [0.5, 0.6) is 0 Å². The summed E-state index contributed by atoms with van der Waals surface area (Å²) in [7, 11) is 0. The molecule has 2 heterocycles. The van der Waals surface area contributed by atoms with Crippen molar-refractivity contribution >= 4 is 17.6 Å². The van der Waals surface area contributed by atoms with Crippen LogP contribution in [-0.2, 0) is 16.0 Å². The van der Waals surface area contributed by atoms with Crippen LogP contribution in [-0.4, -0.2) is 40.8 Å². The maximum atomic E-state index is 11.7. The smallest absolute Gasteiger partial charge is 0.222 e. The summed E-state index contributed by atoms with van der Waals surface area (Å²) in [6.07, 6.45) is 7.06. The minimum Gasteiger partial charge on any atom is -0.387 e. The predicted octanol–water partition coefficient (Wildman–Crippen LogP) is 2.56. The second-order valence-electron chi connectivity index (χ2n) is 6.75. The largest absolute Gasteiger partial charge is 0.387 e. The summed E-state index contributed by atoms with van der Waals surface area (Å²) in [6.45, 7) is 1.56. The maximum Gasteiger partial charge on any atom is 0.222 e. The molecule has 1 atom stereocenters. The molecule has 0 saturated carbocycles. The van der Waals surface area contributed by atoms with Crippen molar-refractivity contribution in [3.05, 3.63) is 42.2 Å². The average molecular weight is 367 g/mol. The Bertz CT molecular complexity index is 785. The van der Waals surface area contributed by atoms with Gasteiger partial charge < -0.3 is 15.8 Å². The zero-order valence-corrected chi connectivity index (χ0v) is 15.3. The van der Waals surface area contributed by atoms with Gasteiger partial charge >= 0.3 is 0 Å². The number of rotatable bonds is 9. The van der Waals surface area contributed by atoms with Gasteiger partial charge in [-0.2, -0.15) is 0 Å². The first kappa shape index (κ1) is 19.0. The summed E-state index contributed by atoms with van der Waals surface area (Å²) in [4.78, 5) is 20.5. The van der Waals surface area contributed by atoms with E-state index >= 15 is 0 Å². The Kier molecular flexibility index (Phi) is 6.49. The number of aromatic nitrogens is 2. The predicted molar refractivity (Wildman–Crippen MR) is 105 cm³/mol. The third-order valence-corrected chi connectivity index (χ3v) is 4.50. The summed E-state index contributed by atoms with van der Waals surface area (Å²) in [5.74, 6) is 0.497. The number of carbonyl (C=O) groups excluding carboxylic acids is 1. The van der Waals surface area contributed by atoms with Crippen molar-refractivity contribution in [3.8, 4) is 11.1 Å². The summed E-state index contributed by atoms with van der Waals surface area (Å²) in [5.41, 5.74) is 8.26. The lowest BCUT2D eigenvalue weighted by atomic mass is 10.0. The lowest BCUT2D eigenvalue weighted by molar-refractivity contribution is -0.117. The second-order valence-corrected chi connectivity index (χ2v) is 6.75. The fourth-order valence-electron chi connectivity index (χ4n) is 3.07. The van der Waals surface area contributed by atoms with Crippen LogP contribution in [0.1, 0.15) is 31.2 Å². The van der Waals surface area contributed by atoms with E-state index in [2.05, 4.69) is 15.3 Å². The van der Waals surface area contributed by atoms with Gasteiger partial charge in [0.15, 0.2) is 0 Å². The molecule has 0 amide bonds. The van der Waals surface area contributed by atoms with Crippen molar-refractivity contribution in [1.29, 1.82) is 5.41 Å². The highest BCUT2D eigenvalue weighted by molar-refractivity contribution is 5.98. The normalized spacial score (nSPS) is 16.2. The SMILES string of the molecule is N=C(N)CC(=O)CCc1cccc(-c2cnc(NCC3CCCO3)nc2)c1. The molecular formula is C20H25N5O2. The average Bonchev–Trinajstić information content (AvgIpc) is 3.18. The van der Waals surface area contributed by atoms with Crippen LogP contribution >= 0.6 is 0 Å². The zero-order valence-electron chi connectivity index (χ0n) is 15.3. The van der Waals surface area contributed by atoms with Gasteiger partial charge in [0.05, 0.1) is 18.4 Å². The molecule has 0 bridgehead atoms. The Morgan fingerprint density at radius 2 is 2.11 bits per heavy atom. The van der Waals surface area contributed by atoms with Crippen LogP contribution in [0.3, 0.4) is 0 Å². The zero-order chi connectivity index (χ0) is 19.1. The molecule has 1 aliphatic heterocycles. The van der Waals surface area contributed by atoms with E-state index in [4.69, 9.17) is 15.9 Å². The van der Waals surface area contributed by atoms with Crippen LogP contribution in [0.25, 0.3) is 11.1 Å². The van der Waals surface area contributed by atoms with Crippen LogP contribution in [0.2, 0.25) is 0 Å². The number of nitrogens with one attached hydrogen (secondary N) is 2. The van der Waals surface area contributed by atoms with E-state index in [1.807, 2.05) is 24.3 Å². The number of amidine groups is 1. The van der Waals surface area contributed by atoms with E-state index in [9.17, 15) is 4.79 Å². The number of ketones is 1. The van der Waals surface area contributed by atoms with E-state index in [0.29, 0.717) is 18.8 Å². The van der Waals surface area contributed by atoms with Crippen LogP contribution in [0.15, 0.2) is 36.7 Å². The number of hydrogen-bond donors (Lipinski definition) is 3. The molecule has 1 fully saturated rings. The number of hydrogen-bond acceptors (Lipinski definition) is 6. The number of nitrogens with zero attached hydrogens (tertiary/aromatic N) is 2. The highest BCUT2D eigenvalue weighted by Gasteiger charge is 2.15. The monoisotopic (exact) mass is 367 g/mol. The minimum absolute atomic E-state index is 0.0158. The molecule has 1 aromatic heterocycles. The van der Waals surface area contributed by atoms with Crippen molar-refractivity contribution in [2.45, 2.75) is 38.2 Å². The van der Waals surface area contributed by atoms with E-state index in [1.54, 1.807) is 12.4 Å². The molecule has 7 heteroatoms. The van der Waals surface area contributed by atoms with Gasteiger partial charge in [-0.05, 0) is 30.4 Å². The van der Waals surface area contributed by atoms with Gasteiger partial charge in [-0.1, -0.05) is 24.3 Å². The molecule has 2 aromatic rings. The third kappa shape index (κ3) is 5.86. The van der Waals surface area contributed by atoms with E-state index in [-0.39, 0.29) is 24.1 Å². The van der Waals surface area contributed by atoms with Gasteiger partial charge in [0.1, 0.15) is 5.78 Å². The van der Waals surface area contributed by atoms with Gasteiger partial charge in [0, 0.05) is 37.5 Å². The number of benzene rings is 1.